The van der Waals surface area contributed by atoms with Crippen molar-refractivity contribution in [3.63, 3.8) is 0 Å². The zero-order valence-corrected chi connectivity index (χ0v) is 8.07. The standard InChI is InChI=1S/C11H13FO2/c1-9(12)6-7-14-11-4-2-10(8-13)3-5-11/h2-5,8-9H,6-7H2,1H3/t9-/m1/s1. The SMILES string of the molecule is C[C@@H](F)CCOc1ccc(C=O)cc1. The first-order valence-electron chi connectivity index (χ1n) is 4.54. The molecule has 0 aliphatic carbocycles. The minimum Gasteiger partial charge on any atom is -0.493 e. The van der Waals surface area contributed by atoms with E-state index in [1.807, 2.05) is 0 Å². The molecule has 0 saturated heterocycles. The zero-order chi connectivity index (χ0) is 10.4. The van der Waals surface area contributed by atoms with Gasteiger partial charge in [0.1, 0.15) is 18.2 Å². The highest BCUT2D eigenvalue weighted by molar-refractivity contribution is 5.74. The molecule has 1 aromatic carbocycles. The lowest BCUT2D eigenvalue weighted by molar-refractivity contribution is 0.112. The number of carbonyl (C=O) groups excluding carboxylic acids is 1. The Morgan fingerprint density at radius 3 is 2.57 bits per heavy atom. The van der Waals surface area contributed by atoms with Crippen LogP contribution >= 0.6 is 0 Å². The highest BCUT2D eigenvalue weighted by Crippen LogP contribution is 2.11. The van der Waals surface area contributed by atoms with E-state index < -0.39 is 6.17 Å². The van der Waals surface area contributed by atoms with Crippen molar-refractivity contribution in [2.24, 2.45) is 0 Å². The molecule has 1 atom stereocenters. The van der Waals surface area contributed by atoms with Gasteiger partial charge in [0.2, 0.25) is 0 Å². The van der Waals surface area contributed by atoms with E-state index in [9.17, 15) is 9.18 Å². The lowest BCUT2D eigenvalue weighted by Gasteiger charge is -2.06. The molecule has 0 bridgehead atoms. The molecule has 2 nitrogen and oxygen atoms in total. The first-order valence-corrected chi connectivity index (χ1v) is 4.54. The van der Waals surface area contributed by atoms with Crippen LogP contribution in [0.25, 0.3) is 0 Å². The van der Waals surface area contributed by atoms with Crippen LogP contribution in [-0.4, -0.2) is 19.1 Å². The average molecular weight is 196 g/mol. The van der Waals surface area contributed by atoms with E-state index in [0.29, 0.717) is 24.3 Å². The number of halogens is 1. The van der Waals surface area contributed by atoms with Crippen LogP contribution in [0.15, 0.2) is 24.3 Å². The minimum atomic E-state index is -0.843. The van der Waals surface area contributed by atoms with Crippen molar-refractivity contribution in [1.29, 1.82) is 0 Å². The summed E-state index contributed by atoms with van der Waals surface area (Å²) in [4.78, 5) is 10.3. The van der Waals surface area contributed by atoms with Gasteiger partial charge in [-0.1, -0.05) is 0 Å². The van der Waals surface area contributed by atoms with Gasteiger partial charge in [-0.15, -0.1) is 0 Å². The molecule has 0 amide bonds. The van der Waals surface area contributed by atoms with E-state index in [2.05, 4.69) is 0 Å². The molecule has 0 heterocycles. The Labute approximate surface area is 82.7 Å². The molecule has 0 aliphatic rings. The number of hydrogen-bond donors (Lipinski definition) is 0. The van der Waals surface area contributed by atoms with Crippen LogP contribution in [0.2, 0.25) is 0 Å². The summed E-state index contributed by atoms with van der Waals surface area (Å²) in [6.45, 7) is 1.86. The largest absolute Gasteiger partial charge is 0.493 e. The molecular weight excluding hydrogens is 183 g/mol. The number of hydrogen-bond acceptors (Lipinski definition) is 2. The fourth-order valence-corrected chi connectivity index (χ4v) is 0.982. The summed E-state index contributed by atoms with van der Waals surface area (Å²) in [5.41, 5.74) is 0.608. The molecule has 1 aromatic rings. The van der Waals surface area contributed by atoms with Gasteiger partial charge in [0.05, 0.1) is 6.61 Å². The van der Waals surface area contributed by atoms with Gasteiger partial charge in [-0.05, 0) is 31.2 Å². The van der Waals surface area contributed by atoms with Gasteiger partial charge in [-0.3, -0.25) is 4.79 Å². The van der Waals surface area contributed by atoms with Crippen molar-refractivity contribution in [2.45, 2.75) is 19.5 Å². The van der Waals surface area contributed by atoms with Crippen molar-refractivity contribution in [2.75, 3.05) is 6.61 Å². The lowest BCUT2D eigenvalue weighted by atomic mass is 10.2. The number of carbonyl (C=O) groups is 1. The highest BCUT2D eigenvalue weighted by atomic mass is 19.1. The van der Waals surface area contributed by atoms with Gasteiger partial charge >= 0.3 is 0 Å². The second kappa shape index (κ2) is 5.37. The first-order chi connectivity index (χ1) is 6.72. The summed E-state index contributed by atoms with van der Waals surface area (Å²) in [5, 5.41) is 0. The summed E-state index contributed by atoms with van der Waals surface area (Å²) >= 11 is 0. The van der Waals surface area contributed by atoms with Crippen LogP contribution in [0.3, 0.4) is 0 Å². The van der Waals surface area contributed by atoms with Crippen molar-refractivity contribution in [3.8, 4) is 5.75 Å². The molecule has 0 fully saturated rings. The Hall–Kier alpha value is -1.38. The maximum atomic E-state index is 12.4. The van der Waals surface area contributed by atoms with Crippen LogP contribution < -0.4 is 4.74 Å². The van der Waals surface area contributed by atoms with Crippen LogP contribution in [0.1, 0.15) is 23.7 Å². The molecule has 14 heavy (non-hydrogen) atoms. The summed E-state index contributed by atoms with van der Waals surface area (Å²) in [6.07, 6.45) is 0.312. The molecule has 76 valence electrons. The zero-order valence-electron chi connectivity index (χ0n) is 8.07. The van der Waals surface area contributed by atoms with Gasteiger partial charge in [0.25, 0.3) is 0 Å². The van der Waals surface area contributed by atoms with E-state index in [4.69, 9.17) is 4.74 Å². The van der Waals surface area contributed by atoms with Crippen LogP contribution in [0, 0.1) is 0 Å². The Morgan fingerprint density at radius 1 is 1.43 bits per heavy atom. The van der Waals surface area contributed by atoms with E-state index in [1.165, 1.54) is 6.92 Å². The van der Waals surface area contributed by atoms with E-state index in [1.54, 1.807) is 24.3 Å². The number of benzene rings is 1. The maximum absolute atomic E-state index is 12.4. The van der Waals surface area contributed by atoms with E-state index in [0.717, 1.165) is 6.29 Å². The molecule has 0 radical (unpaired) electrons. The number of ether oxygens (including phenoxy) is 1. The molecule has 0 saturated carbocycles. The van der Waals surface area contributed by atoms with E-state index in [-0.39, 0.29) is 0 Å². The van der Waals surface area contributed by atoms with Gasteiger partial charge in [0.15, 0.2) is 0 Å². The molecule has 0 spiro atoms. The van der Waals surface area contributed by atoms with Crippen LogP contribution in [-0.2, 0) is 0 Å². The molecular formula is C11H13FO2. The van der Waals surface area contributed by atoms with Gasteiger partial charge in [-0.2, -0.15) is 0 Å². The van der Waals surface area contributed by atoms with E-state index >= 15 is 0 Å². The third-order valence-corrected chi connectivity index (χ3v) is 1.80. The fourth-order valence-electron chi connectivity index (χ4n) is 0.982. The van der Waals surface area contributed by atoms with Crippen molar-refractivity contribution in [3.05, 3.63) is 29.8 Å². The fraction of sp³-hybridized carbons (Fsp3) is 0.364. The third-order valence-electron chi connectivity index (χ3n) is 1.80. The van der Waals surface area contributed by atoms with Crippen molar-refractivity contribution >= 4 is 6.29 Å². The van der Waals surface area contributed by atoms with Crippen molar-refractivity contribution < 1.29 is 13.9 Å². The normalized spacial score (nSPS) is 12.1. The number of aldehydes is 1. The predicted octanol–water partition coefficient (Wildman–Crippen LogP) is 2.63. The highest BCUT2D eigenvalue weighted by Gasteiger charge is 1.98. The molecule has 0 aliphatic heterocycles. The maximum Gasteiger partial charge on any atom is 0.150 e. The second-order valence-electron chi connectivity index (χ2n) is 3.10. The predicted molar refractivity (Wildman–Crippen MR) is 52.5 cm³/mol. The Balaban J connectivity index is 2.40. The average Bonchev–Trinajstić information content (AvgIpc) is 2.18. The van der Waals surface area contributed by atoms with Gasteiger partial charge in [-0.25, -0.2) is 4.39 Å². The summed E-state index contributed by atoms with van der Waals surface area (Å²) in [7, 11) is 0. The summed E-state index contributed by atoms with van der Waals surface area (Å²) in [6, 6.07) is 6.74. The number of rotatable bonds is 5. The Morgan fingerprint density at radius 2 is 2.07 bits per heavy atom. The molecule has 0 unspecified atom stereocenters. The monoisotopic (exact) mass is 196 g/mol. The smallest absolute Gasteiger partial charge is 0.150 e. The third kappa shape index (κ3) is 3.56. The van der Waals surface area contributed by atoms with Crippen molar-refractivity contribution in [1.82, 2.24) is 0 Å². The topological polar surface area (TPSA) is 26.3 Å². The lowest BCUT2D eigenvalue weighted by Crippen LogP contribution is -2.03. The first kappa shape index (κ1) is 10.7. The van der Waals surface area contributed by atoms with Crippen LogP contribution in [0.5, 0.6) is 5.75 Å². The van der Waals surface area contributed by atoms with Gasteiger partial charge < -0.3 is 4.74 Å². The quantitative estimate of drug-likeness (QED) is 0.677. The molecule has 0 aromatic heterocycles. The molecule has 1 rings (SSSR count). The number of alkyl halides is 1. The van der Waals surface area contributed by atoms with Crippen LogP contribution in [0.4, 0.5) is 4.39 Å². The second-order valence-corrected chi connectivity index (χ2v) is 3.10. The Kier molecular flexibility index (Phi) is 4.11. The molecule has 3 heteroatoms. The molecule has 0 N–H and O–H groups in total. The summed E-state index contributed by atoms with van der Waals surface area (Å²) < 4.78 is 17.7. The van der Waals surface area contributed by atoms with Gasteiger partial charge in [0, 0.05) is 12.0 Å². The Bertz CT molecular complexity index is 280. The summed E-state index contributed by atoms with van der Waals surface area (Å²) in [5.74, 6) is 0.663. The minimum absolute atomic E-state index is 0.359.